The van der Waals surface area contributed by atoms with Crippen molar-refractivity contribution in [1.82, 2.24) is 4.98 Å². The molecule has 3 heteroatoms. The standard InChI is InChI=1S/C18H22FNO/c1-3-18(4-2,13-16-7-5-6-12-20-16)17(21)14-8-10-15(19)11-9-14/h5-12,17,21H,3-4,13H2,1-2H3. The van der Waals surface area contributed by atoms with Gasteiger partial charge in [0.25, 0.3) is 0 Å². The fraction of sp³-hybridized carbons (Fsp3) is 0.389. The first-order chi connectivity index (χ1) is 10.1. The molecule has 0 aliphatic carbocycles. The summed E-state index contributed by atoms with van der Waals surface area (Å²) in [7, 11) is 0. The maximum atomic E-state index is 13.1. The molecule has 2 nitrogen and oxygen atoms in total. The second-order valence-corrected chi connectivity index (χ2v) is 5.52. The number of nitrogens with zero attached hydrogens (tertiary/aromatic N) is 1. The zero-order valence-electron chi connectivity index (χ0n) is 12.6. The van der Waals surface area contributed by atoms with Crippen LogP contribution in [0.1, 0.15) is 44.1 Å². The van der Waals surface area contributed by atoms with Gasteiger partial charge < -0.3 is 5.11 Å². The minimum Gasteiger partial charge on any atom is -0.388 e. The second-order valence-electron chi connectivity index (χ2n) is 5.52. The first-order valence-electron chi connectivity index (χ1n) is 7.44. The highest BCUT2D eigenvalue weighted by atomic mass is 19.1. The van der Waals surface area contributed by atoms with Crippen molar-refractivity contribution in [3.8, 4) is 0 Å². The number of benzene rings is 1. The van der Waals surface area contributed by atoms with Crippen molar-refractivity contribution in [1.29, 1.82) is 0 Å². The van der Waals surface area contributed by atoms with Crippen molar-refractivity contribution in [3.63, 3.8) is 0 Å². The number of halogens is 1. The molecule has 21 heavy (non-hydrogen) atoms. The molecule has 0 bridgehead atoms. The van der Waals surface area contributed by atoms with Crippen LogP contribution in [0.3, 0.4) is 0 Å². The van der Waals surface area contributed by atoms with Crippen LogP contribution in [0.5, 0.6) is 0 Å². The molecule has 0 radical (unpaired) electrons. The van der Waals surface area contributed by atoms with Crippen molar-refractivity contribution in [2.75, 3.05) is 0 Å². The van der Waals surface area contributed by atoms with Gasteiger partial charge in [-0.15, -0.1) is 0 Å². The monoisotopic (exact) mass is 287 g/mol. The Hall–Kier alpha value is -1.74. The molecule has 1 N–H and O–H groups in total. The van der Waals surface area contributed by atoms with E-state index in [-0.39, 0.29) is 11.2 Å². The van der Waals surface area contributed by atoms with E-state index in [2.05, 4.69) is 18.8 Å². The summed E-state index contributed by atoms with van der Waals surface area (Å²) in [5.74, 6) is -0.283. The Kier molecular flexibility index (Phi) is 5.07. The van der Waals surface area contributed by atoms with Crippen LogP contribution in [0.4, 0.5) is 4.39 Å². The highest BCUT2D eigenvalue weighted by Gasteiger charge is 2.36. The number of hydrogen-bond donors (Lipinski definition) is 1. The average molecular weight is 287 g/mol. The maximum Gasteiger partial charge on any atom is 0.123 e. The second kappa shape index (κ2) is 6.81. The van der Waals surface area contributed by atoms with Gasteiger partial charge in [-0.3, -0.25) is 4.98 Å². The van der Waals surface area contributed by atoms with Crippen LogP contribution in [0.15, 0.2) is 48.7 Å². The topological polar surface area (TPSA) is 33.1 Å². The van der Waals surface area contributed by atoms with E-state index >= 15 is 0 Å². The van der Waals surface area contributed by atoms with Gasteiger partial charge in [-0.2, -0.15) is 0 Å². The summed E-state index contributed by atoms with van der Waals surface area (Å²) in [6, 6.07) is 12.0. The van der Waals surface area contributed by atoms with Crippen LogP contribution >= 0.6 is 0 Å². The Bertz CT molecular complexity index is 549. The van der Waals surface area contributed by atoms with Gasteiger partial charge in [0, 0.05) is 17.3 Å². The predicted molar refractivity (Wildman–Crippen MR) is 82.3 cm³/mol. The molecule has 2 aromatic rings. The van der Waals surface area contributed by atoms with Gasteiger partial charge >= 0.3 is 0 Å². The van der Waals surface area contributed by atoms with Gasteiger partial charge in [-0.05, 0) is 49.1 Å². The fourth-order valence-electron chi connectivity index (χ4n) is 2.85. The Morgan fingerprint density at radius 1 is 1.10 bits per heavy atom. The molecule has 0 saturated heterocycles. The van der Waals surface area contributed by atoms with Crippen LogP contribution in [0.25, 0.3) is 0 Å². The Labute approximate surface area is 125 Å². The Morgan fingerprint density at radius 3 is 2.29 bits per heavy atom. The van der Waals surface area contributed by atoms with Crippen molar-refractivity contribution in [2.24, 2.45) is 5.41 Å². The first-order valence-corrected chi connectivity index (χ1v) is 7.44. The molecule has 0 aliphatic heterocycles. The molecule has 1 heterocycles. The molecule has 2 rings (SSSR count). The third-order valence-corrected chi connectivity index (χ3v) is 4.43. The molecule has 112 valence electrons. The normalized spacial score (nSPS) is 13.1. The van der Waals surface area contributed by atoms with E-state index in [9.17, 15) is 9.50 Å². The quantitative estimate of drug-likeness (QED) is 0.859. The summed E-state index contributed by atoms with van der Waals surface area (Å²) in [6.45, 7) is 4.17. The first kappa shape index (κ1) is 15.6. The van der Waals surface area contributed by atoms with E-state index in [4.69, 9.17) is 0 Å². The van der Waals surface area contributed by atoms with Gasteiger partial charge in [0.2, 0.25) is 0 Å². The van der Waals surface area contributed by atoms with Crippen LogP contribution in [0, 0.1) is 11.2 Å². The summed E-state index contributed by atoms with van der Waals surface area (Å²) >= 11 is 0. The minimum atomic E-state index is -0.630. The van der Waals surface area contributed by atoms with Crippen LogP contribution < -0.4 is 0 Å². The number of aromatic nitrogens is 1. The molecule has 1 atom stereocenters. The number of hydrogen-bond acceptors (Lipinski definition) is 2. The average Bonchev–Trinajstić information content (AvgIpc) is 2.54. The van der Waals surface area contributed by atoms with E-state index in [0.717, 1.165) is 24.1 Å². The largest absolute Gasteiger partial charge is 0.388 e. The third-order valence-electron chi connectivity index (χ3n) is 4.43. The summed E-state index contributed by atoms with van der Waals surface area (Å²) in [5.41, 5.74) is 1.45. The molecule has 0 spiro atoms. The smallest absolute Gasteiger partial charge is 0.123 e. The fourth-order valence-corrected chi connectivity index (χ4v) is 2.85. The lowest BCUT2D eigenvalue weighted by Crippen LogP contribution is -2.30. The van der Waals surface area contributed by atoms with E-state index in [1.807, 2.05) is 18.2 Å². The van der Waals surface area contributed by atoms with E-state index < -0.39 is 6.10 Å². The molecule has 1 unspecified atom stereocenters. The lowest BCUT2D eigenvalue weighted by Gasteiger charge is -2.37. The van der Waals surface area contributed by atoms with Gasteiger partial charge in [-0.25, -0.2) is 4.39 Å². The van der Waals surface area contributed by atoms with Crippen molar-refractivity contribution >= 4 is 0 Å². The van der Waals surface area contributed by atoms with E-state index in [0.29, 0.717) is 6.42 Å². The Balaban J connectivity index is 2.30. The number of aliphatic hydroxyl groups excluding tert-OH is 1. The summed E-state index contributed by atoms with van der Waals surface area (Å²) in [5, 5.41) is 10.8. The zero-order chi connectivity index (χ0) is 15.3. The van der Waals surface area contributed by atoms with Gasteiger partial charge in [-0.1, -0.05) is 32.0 Å². The molecular formula is C18H22FNO. The molecular weight excluding hydrogens is 265 g/mol. The SMILES string of the molecule is CCC(CC)(Cc1ccccn1)C(O)c1ccc(F)cc1. The lowest BCUT2D eigenvalue weighted by atomic mass is 9.71. The van der Waals surface area contributed by atoms with Crippen molar-refractivity contribution < 1.29 is 9.50 Å². The molecule has 1 aromatic carbocycles. The van der Waals surface area contributed by atoms with Gasteiger partial charge in [0.1, 0.15) is 5.82 Å². The van der Waals surface area contributed by atoms with Gasteiger partial charge in [0.05, 0.1) is 6.10 Å². The van der Waals surface area contributed by atoms with Crippen LogP contribution in [-0.4, -0.2) is 10.1 Å². The zero-order valence-corrected chi connectivity index (χ0v) is 12.6. The molecule has 0 aliphatic rings. The summed E-state index contributed by atoms with van der Waals surface area (Å²) in [4.78, 5) is 4.38. The number of rotatable bonds is 6. The predicted octanol–water partition coefficient (Wildman–Crippen LogP) is 4.30. The van der Waals surface area contributed by atoms with Crippen LogP contribution in [0.2, 0.25) is 0 Å². The summed E-state index contributed by atoms with van der Waals surface area (Å²) < 4.78 is 13.1. The van der Waals surface area contributed by atoms with Crippen LogP contribution in [-0.2, 0) is 6.42 Å². The summed E-state index contributed by atoms with van der Waals surface area (Å²) in [6.07, 6.45) is 3.52. The van der Waals surface area contributed by atoms with Crippen molar-refractivity contribution in [2.45, 2.75) is 39.2 Å². The highest BCUT2D eigenvalue weighted by Crippen LogP contribution is 2.42. The molecule has 0 fully saturated rings. The van der Waals surface area contributed by atoms with E-state index in [1.54, 1.807) is 18.3 Å². The van der Waals surface area contributed by atoms with E-state index in [1.165, 1.54) is 12.1 Å². The molecule has 0 amide bonds. The lowest BCUT2D eigenvalue weighted by molar-refractivity contribution is 0.0148. The van der Waals surface area contributed by atoms with Crippen molar-refractivity contribution in [3.05, 3.63) is 65.7 Å². The number of aliphatic hydroxyl groups is 1. The Morgan fingerprint density at radius 2 is 1.76 bits per heavy atom. The van der Waals surface area contributed by atoms with Gasteiger partial charge in [0.15, 0.2) is 0 Å². The highest BCUT2D eigenvalue weighted by molar-refractivity contribution is 5.22. The molecule has 1 aromatic heterocycles. The third kappa shape index (κ3) is 3.48. The number of pyridine rings is 1. The minimum absolute atomic E-state index is 0.283. The molecule has 0 saturated carbocycles. The maximum absolute atomic E-state index is 13.1.